The standard InChI is InChI=1S/C12H18N2O2/c1-16-9-5-7-14(8-6-9)10-3-2-4-11(15)12(10)13/h2-4,9,15H,5-8,13H2,1H3. The molecule has 1 aliphatic rings. The Morgan fingerprint density at radius 3 is 2.69 bits per heavy atom. The zero-order chi connectivity index (χ0) is 11.5. The van der Waals surface area contributed by atoms with E-state index in [4.69, 9.17) is 10.5 Å². The molecular weight excluding hydrogens is 204 g/mol. The van der Waals surface area contributed by atoms with Crippen molar-refractivity contribution in [3.63, 3.8) is 0 Å². The average molecular weight is 222 g/mol. The fourth-order valence-corrected chi connectivity index (χ4v) is 2.15. The van der Waals surface area contributed by atoms with Crippen molar-refractivity contribution in [1.82, 2.24) is 0 Å². The third-order valence-corrected chi connectivity index (χ3v) is 3.18. The number of ether oxygens (including phenoxy) is 1. The number of nitrogens with zero attached hydrogens (tertiary/aromatic N) is 1. The van der Waals surface area contributed by atoms with Gasteiger partial charge < -0.3 is 20.5 Å². The van der Waals surface area contributed by atoms with Crippen molar-refractivity contribution in [2.24, 2.45) is 0 Å². The minimum absolute atomic E-state index is 0.159. The molecule has 88 valence electrons. The highest BCUT2D eigenvalue weighted by atomic mass is 16.5. The Hall–Kier alpha value is -1.42. The van der Waals surface area contributed by atoms with Crippen molar-refractivity contribution in [1.29, 1.82) is 0 Å². The van der Waals surface area contributed by atoms with Gasteiger partial charge in [-0.2, -0.15) is 0 Å². The van der Waals surface area contributed by atoms with Gasteiger partial charge >= 0.3 is 0 Å². The molecule has 1 saturated heterocycles. The third kappa shape index (κ3) is 2.07. The van der Waals surface area contributed by atoms with Crippen LogP contribution in [0.25, 0.3) is 0 Å². The Morgan fingerprint density at radius 1 is 1.38 bits per heavy atom. The van der Waals surface area contributed by atoms with Crippen molar-refractivity contribution in [2.45, 2.75) is 18.9 Å². The van der Waals surface area contributed by atoms with Gasteiger partial charge in [-0.15, -0.1) is 0 Å². The van der Waals surface area contributed by atoms with E-state index in [2.05, 4.69) is 4.90 Å². The van der Waals surface area contributed by atoms with Crippen LogP contribution >= 0.6 is 0 Å². The van der Waals surface area contributed by atoms with Gasteiger partial charge in [-0.25, -0.2) is 0 Å². The highest BCUT2D eigenvalue weighted by Crippen LogP contribution is 2.32. The summed E-state index contributed by atoms with van der Waals surface area (Å²) in [4.78, 5) is 2.20. The number of methoxy groups -OCH3 is 1. The van der Waals surface area contributed by atoms with Gasteiger partial charge in [-0.1, -0.05) is 6.07 Å². The highest BCUT2D eigenvalue weighted by Gasteiger charge is 2.20. The number of nitrogen functional groups attached to an aromatic ring is 1. The predicted molar refractivity (Wildman–Crippen MR) is 64.8 cm³/mol. The number of phenolic OH excluding ortho intramolecular Hbond substituents is 1. The molecule has 1 aromatic carbocycles. The highest BCUT2D eigenvalue weighted by molar-refractivity contribution is 5.73. The van der Waals surface area contributed by atoms with Gasteiger partial charge in [0.2, 0.25) is 0 Å². The Morgan fingerprint density at radius 2 is 2.06 bits per heavy atom. The van der Waals surface area contributed by atoms with Crippen molar-refractivity contribution in [3.8, 4) is 5.75 Å². The number of phenols is 1. The van der Waals surface area contributed by atoms with E-state index in [0.29, 0.717) is 11.8 Å². The number of nitrogens with two attached hydrogens (primary N) is 1. The van der Waals surface area contributed by atoms with Gasteiger partial charge in [0, 0.05) is 20.2 Å². The molecule has 0 aromatic heterocycles. The molecule has 2 rings (SSSR count). The van der Waals surface area contributed by atoms with E-state index in [1.807, 2.05) is 12.1 Å². The van der Waals surface area contributed by atoms with E-state index in [0.717, 1.165) is 31.6 Å². The van der Waals surface area contributed by atoms with Gasteiger partial charge in [0.15, 0.2) is 0 Å². The van der Waals surface area contributed by atoms with Crippen molar-refractivity contribution in [3.05, 3.63) is 18.2 Å². The number of hydrogen-bond acceptors (Lipinski definition) is 4. The second kappa shape index (κ2) is 4.61. The zero-order valence-corrected chi connectivity index (χ0v) is 9.52. The van der Waals surface area contributed by atoms with E-state index in [1.165, 1.54) is 0 Å². The monoisotopic (exact) mass is 222 g/mol. The lowest BCUT2D eigenvalue weighted by atomic mass is 10.1. The van der Waals surface area contributed by atoms with Crippen molar-refractivity contribution >= 4 is 11.4 Å². The Labute approximate surface area is 95.6 Å². The summed E-state index contributed by atoms with van der Waals surface area (Å²) in [5.74, 6) is 0.159. The zero-order valence-electron chi connectivity index (χ0n) is 9.52. The van der Waals surface area contributed by atoms with Crippen LogP contribution in [-0.4, -0.2) is 31.4 Å². The molecule has 16 heavy (non-hydrogen) atoms. The first-order valence-corrected chi connectivity index (χ1v) is 5.57. The number of benzene rings is 1. The molecule has 1 heterocycles. The fraction of sp³-hybridized carbons (Fsp3) is 0.500. The van der Waals surface area contributed by atoms with E-state index in [1.54, 1.807) is 13.2 Å². The predicted octanol–water partition coefficient (Wildman–Crippen LogP) is 1.59. The number of piperidine rings is 1. The lowest BCUT2D eigenvalue weighted by Gasteiger charge is -2.33. The van der Waals surface area contributed by atoms with Crippen LogP contribution in [0.1, 0.15) is 12.8 Å². The smallest absolute Gasteiger partial charge is 0.140 e. The minimum Gasteiger partial charge on any atom is -0.506 e. The van der Waals surface area contributed by atoms with Crippen LogP contribution in [0.15, 0.2) is 18.2 Å². The first kappa shape index (κ1) is 11.1. The molecule has 0 spiro atoms. The maximum absolute atomic E-state index is 9.55. The van der Waals surface area contributed by atoms with Gasteiger partial charge in [0.05, 0.1) is 17.5 Å². The second-order valence-electron chi connectivity index (χ2n) is 4.13. The van der Waals surface area contributed by atoms with E-state index in [9.17, 15) is 5.11 Å². The van der Waals surface area contributed by atoms with Crippen LogP contribution in [0.2, 0.25) is 0 Å². The summed E-state index contributed by atoms with van der Waals surface area (Å²) in [5, 5.41) is 9.55. The maximum Gasteiger partial charge on any atom is 0.140 e. The number of aromatic hydroxyl groups is 1. The van der Waals surface area contributed by atoms with Crippen LogP contribution in [0.3, 0.4) is 0 Å². The molecule has 0 aliphatic carbocycles. The van der Waals surface area contributed by atoms with Gasteiger partial charge in [-0.05, 0) is 25.0 Å². The molecular formula is C12H18N2O2. The SMILES string of the molecule is COC1CCN(c2cccc(O)c2N)CC1. The number of rotatable bonds is 2. The first-order chi connectivity index (χ1) is 7.72. The topological polar surface area (TPSA) is 58.7 Å². The van der Waals surface area contributed by atoms with E-state index < -0.39 is 0 Å². The van der Waals surface area contributed by atoms with Crippen LogP contribution < -0.4 is 10.6 Å². The van der Waals surface area contributed by atoms with E-state index >= 15 is 0 Å². The summed E-state index contributed by atoms with van der Waals surface area (Å²) < 4.78 is 5.32. The summed E-state index contributed by atoms with van der Waals surface area (Å²) in [6.45, 7) is 1.85. The first-order valence-electron chi connectivity index (χ1n) is 5.57. The molecule has 0 saturated carbocycles. The Kier molecular flexibility index (Phi) is 3.19. The summed E-state index contributed by atoms with van der Waals surface area (Å²) in [6, 6.07) is 5.38. The Balaban J connectivity index is 2.11. The average Bonchev–Trinajstić information content (AvgIpc) is 2.33. The largest absolute Gasteiger partial charge is 0.506 e. The third-order valence-electron chi connectivity index (χ3n) is 3.18. The molecule has 0 unspecified atom stereocenters. The molecule has 0 atom stereocenters. The van der Waals surface area contributed by atoms with Crippen molar-refractivity contribution in [2.75, 3.05) is 30.8 Å². The molecule has 0 amide bonds. The summed E-state index contributed by atoms with van der Waals surface area (Å²) in [7, 11) is 1.75. The molecule has 1 aromatic rings. The number of para-hydroxylation sites is 1. The van der Waals surface area contributed by atoms with Crippen LogP contribution in [0.4, 0.5) is 11.4 Å². The van der Waals surface area contributed by atoms with Crippen LogP contribution in [-0.2, 0) is 4.74 Å². The lowest BCUT2D eigenvalue weighted by molar-refractivity contribution is 0.0819. The quantitative estimate of drug-likeness (QED) is 0.589. The van der Waals surface area contributed by atoms with Crippen molar-refractivity contribution < 1.29 is 9.84 Å². The van der Waals surface area contributed by atoms with Crippen LogP contribution in [0.5, 0.6) is 5.75 Å². The number of anilines is 2. The normalized spacial score (nSPS) is 17.7. The summed E-state index contributed by atoms with van der Waals surface area (Å²) in [5.41, 5.74) is 7.25. The summed E-state index contributed by atoms with van der Waals surface area (Å²) in [6.07, 6.45) is 2.37. The fourth-order valence-electron chi connectivity index (χ4n) is 2.15. The van der Waals surface area contributed by atoms with Crippen LogP contribution in [0, 0.1) is 0 Å². The molecule has 1 fully saturated rings. The maximum atomic E-state index is 9.55. The summed E-state index contributed by atoms with van der Waals surface area (Å²) >= 11 is 0. The van der Waals surface area contributed by atoms with Gasteiger partial charge in [-0.3, -0.25) is 0 Å². The molecule has 0 radical (unpaired) electrons. The second-order valence-corrected chi connectivity index (χ2v) is 4.13. The minimum atomic E-state index is 0.159. The molecule has 0 bridgehead atoms. The lowest BCUT2D eigenvalue weighted by Crippen LogP contribution is -2.36. The van der Waals surface area contributed by atoms with Gasteiger partial charge in [0.25, 0.3) is 0 Å². The molecule has 1 aliphatic heterocycles. The molecule has 4 heteroatoms. The number of hydrogen-bond donors (Lipinski definition) is 2. The van der Waals surface area contributed by atoms with Gasteiger partial charge in [0.1, 0.15) is 5.75 Å². The molecule has 3 N–H and O–H groups in total. The Bertz CT molecular complexity index is 360. The molecule has 4 nitrogen and oxygen atoms in total. The van der Waals surface area contributed by atoms with E-state index in [-0.39, 0.29) is 5.75 Å².